The zero-order chi connectivity index (χ0) is 19.6. The van der Waals surface area contributed by atoms with Crippen LogP contribution in [0, 0.1) is 5.92 Å². The van der Waals surface area contributed by atoms with E-state index in [1.165, 1.54) is 5.57 Å². The Morgan fingerprint density at radius 3 is 2.59 bits per heavy atom. The fraction of sp³-hybridized carbons (Fsp3) is 0.348. The maximum Gasteiger partial charge on any atom is 0.139 e. The van der Waals surface area contributed by atoms with Gasteiger partial charge in [-0.3, -0.25) is 4.21 Å². The Hall–Kier alpha value is -2.02. The summed E-state index contributed by atoms with van der Waals surface area (Å²) in [6, 6.07) is 12.5. The van der Waals surface area contributed by atoms with Gasteiger partial charge in [0.15, 0.2) is 0 Å². The van der Waals surface area contributed by atoms with Gasteiger partial charge in [-0.25, -0.2) is 4.98 Å². The Morgan fingerprint density at radius 1 is 1.10 bits per heavy atom. The van der Waals surface area contributed by atoms with Crippen LogP contribution in [0.5, 0.6) is 0 Å². The third kappa shape index (κ3) is 4.29. The number of aromatic amines is 1. The Morgan fingerprint density at radius 2 is 1.90 bits per heavy atom. The second-order valence-electron chi connectivity index (χ2n) is 7.67. The van der Waals surface area contributed by atoms with Crippen molar-refractivity contribution < 1.29 is 8.95 Å². The van der Waals surface area contributed by atoms with E-state index in [2.05, 4.69) is 40.3 Å². The number of aromatic nitrogens is 2. The summed E-state index contributed by atoms with van der Waals surface area (Å²) in [6.07, 6.45) is 8.49. The maximum absolute atomic E-state index is 12.5. The zero-order valence-electron chi connectivity index (χ0n) is 16.2. The van der Waals surface area contributed by atoms with Gasteiger partial charge in [0.2, 0.25) is 0 Å². The Bertz CT molecular complexity index is 1010. The second kappa shape index (κ2) is 8.38. The number of rotatable bonds is 6. The number of nitrogens with zero attached hydrogens (tertiary/aromatic N) is 1. The van der Waals surface area contributed by atoms with Gasteiger partial charge in [-0.15, -0.1) is 11.3 Å². The minimum Gasteiger partial charge on any atom is -0.381 e. The van der Waals surface area contributed by atoms with E-state index in [0.29, 0.717) is 11.2 Å². The number of benzene rings is 1. The standard InChI is InChI=1S/C23H24N2O2S2/c26-29(19-5-6-19)18-3-1-17(2-4-18)20(15-16-9-12-27-13-10-16)21-7-8-22(25-21)23-24-11-14-28-23/h1-4,7-8,11,14-16,19,25H,5-6,9-10,12-13H2/b20-15+. The van der Waals surface area contributed by atoms with E-state index in [1.807, 2.05) is 23.7 Å². The fourth-order valence-corrected chi connectivity index (χ4v) is 5.71. The molecule has 4 nitrogen and oxygen atoms in total. The molecule has 1 saturated heterocycles. The summed E-state index contributed by atoms with van der Waals surface area (Å²) in [5, 5.41) is 3.35. The lowest BCUT2D eigenvalue weighted by atomic mass is 9.93. The highest BCUT2D eigenvalue weighted by molar-refractivity contribution is 7.86. The lowest BCUT2D eigenvalue weighted by molar-refractivity contribution is 0.0786. The third-order valence-electron chi connectivity index (χ3n) is 5.53. The molecule has 1 N–H and O–H groups in total. The molecule has 1 saturated carbocycles. The molecule has 3 heterocycles. The van der Waals surface area contributed by atoms with E-state index >= 15 is 0 Å². The molecule has 1 aliphatic carbocycles. The van der Waals surface area contributed by atoms with E-state index in [4.69, 9.17) is 4.74 Å². The lowest BCUT2D eigenvalue weighted by Gasteiger charge is -2.20. The minimum absolute atomic E-state index is 0.363. The third-order valence-corrected chi connectivity index (χ3v) is 8.15. The molecule has 0 bridgehead atoms. The van der Waals surface area contributed by atoms with Gasteiger partial charge < -0.3 is 9.72 Å². The highest BCUT2D eigenvalue weighted by Gasteiger charge is 2.29. The number of allylic oxidation sites excluding steroid dienone is 1. The lowest BCUT2D eigenvalue weighted by Crippen LogP contribution is -2.14. The predicted octanol–water partition coefficient (Wildman–Crippen LogP) is 5.27. The van der Waals surface area contributed by atoms with Crippen LogP contribution in [0.25, 0.3) is 16.3 Å². The van der Waals surface area contributed by atoms with Crippen molar-refractivity contribution in [1.29, 1.82) is 0 Å². The van der Waals surface area contributed by atoms with Gasteiger partial charge in [-0.1, -0.05) is 18.2 Å². The number of nitrogens with one attached hydrogen (secondary N) is 1. The van der Waals surface area contributed by atoms with Crippen molar-refractivity contribution in [2.45, 2.75) is 35.8 Å². The number of H-pyrrole nitrogens is 1. The molecular formula is C23H24N2O2S2. The zero-order valence-corrected chi connectivity index (χ0v) is 17.8. The molecule has 1 aromatic carbocycles. The van der Waals surface area contributed by atoms with Gasteiger partial charge in [-0.05, 0) is 61.4 Å². The largest absolute Gasteiger partial charge is 0.381 e. The van der Waals surface area contributed by atoms with Crippen LogP contribution in [0.4, 0.5) is 0 Å². The quantitative estimate of drug-likeness (QED) is 0.587. The van der Waals surface area contributed by atoms with Gasteiger partial charge in [0.1, 0.15) is 5.01 Å². The molecule has 2 fully saturated rings. The molecule has 1 atom stereocenters. The van der Waals surface area contributed by atoms with Crippen molar-refractivity contribution >= 4 is 27.7 Å². The van der Waals surface area contributed by atoms with Crippen molar-refractivity contribution in [1.82, 2.24) is 9.97 Å². The van der Waals surface area contributed by atoms with E-state index in [1.54, 1.807) is 11.3 Å². The first-order chi connectivity index (χ1) is 14.3. The average molecular weight is 425 g/mol. The molecule has 150 valence electrons. The number of hydrogen-bond donors (Lipinski definition) is 1. The van der Waals surface area contributed by atoms with Gasteiger partial charge in [0.25, 0.3) is 0 Å². The van der Waals surface area contributed by atoms with Crippen molar-refractivity contribution in [2.75, 3.05) is 13.2 Å². The van der Waals surface area contributed by atoms with E-state index in [9.17, 15) is 4.21 Å². The molecule has 3 aromatic rings. The minimum atomic E-state index is -0.863. The first kappa shape index (κ1) is 19.0. The summed E-state index contributed by atoms with van der Waals surface area (Å²) in [7, 11) is -0.863. The molecule has 2 aliphatic rings. The smallest absolute Gasteiger partial charge is 0.139 e. The van der Waals surface area contributed by atoms with E-state index in [-0.39, 0.29) is 0 Å². The van der Waals surface area contributed by atoms with Crippen LogP contribution in [-0.2, 0) is 15.5 Å². The maximum atomic E-state index is 12.5. The van der Waals surface area contributed by atoms with Crippen LogP contribution in [-0.4, -0.2) is 32.6 Å². The van der Waals surface area contributed by atoms with Crippen LogP contribution in [0.1, 0.15) is 36.9 Å². The van der Waals surface area contributed by atoms with E-state index < -0.39 is 10.8 Å². The Kier molecular flexibility index (Phi) is 5.48. The summed E-state index contributed by atoms with van der Waals surface area (Å²) in [5.74, 6) is 0.505. The van der Waals surface area contributed by atoms with Crippen LogP contribution >= 0.6 is 11.3 Å². The van der Waals surface area contributed by atoms with Gasteiger partial charge in [0.05, 0.1) is 16.5 Å². The second-order valence-corrected chi connectivity index (χ2v) is 10.3. The molecule has 2 aromatic heterocycles. The molecule has 1 unspecified atom stereocenters. The summed E-state index contributed by atoms with van der Waals surface area (Å²) >= 11 is 1.63. The molecule has 29 heavy (non-hydrogen) atoms. The highest BCUT2D eigenvalue weighted by Crippen LogP contribution is 2.33. The summed E-state index contributed by atoms with van der Waals surface area (Å²) in [6.45, 7) is 1.64. The molecule has 0 radical (unpaired) electrons. The highest BCUT2D eigenvalue weighted by atomic mass is 32.2. The molecule has 0 amide bonds. The van der Waals surface area contributed by atoms with Crippen molar-refractivity contribution in [2.24, 2.45) is 5.92 Å². The van der Waals surface area contributed by atoms with Gasteiger partial charge in [0, 0.05) is 46.2 Å². The summed E-state index contributed by atoms with van der Waals surface area (Å²) in [4.78, 5) is 8.92. The predicted molar refractivity (Wildman–Crippen MR) is 118 cm³/mol. The van der Waals surface area contributed by atoms with Crippen LogP contribution < -0.4 is 0 Å². The van der Waals surface area contributed by atoms with Crippen molar-refractivity contribution in [3.8, 4) is 10.7 Å². The SMILES string of the molecule is O=S(c1ccc(/C(=C\C2CCOCC2)c2ccc(-c3nccs3)[nH]2)cc1)C1CC1. The fourth-order valence-electron chi connectivity index (χ4n) is 3.74. The van der Waals surface area contributed by atoms with Crippen LogP contribution in [0.2, 0.25) is 0 Å². The molecule has 5 rings (SSSR count). The topological polar surface area (TPSA) is 55.0 Å². The monoisotopic (exact) mass is 424 g/mol. The molecular weight excluding hydrogens is 400 g/mol. The Balaban J connectivity index is 1.48. The number of hydrogen-bond acceptors (Lipinski definition) is 4. The first-order valence-corrected chi connectivity index (χ1v) is 12.3. The van der Waals surface area contributed by atoms with Crippen LogP contribution in [0.15, 0.2) is 58.9 Å². The number of ether oxygens (including phenoxy) is 1. The average Bonchev–Trinajstić information content (AvgIpc) is 3.25. The molecule has 1 aliphatic heterocycles. The Labute approximate surface area is 177 Å². The van der Waals surface area contributed by atoms with Gasteiger partial charge in [-0.2, -0.15) is 0 Å². The van der Waals surface area contributed by atoms with E-state index in [0.717, 1.165) is 65.8 Å². The normalized spacial score (nSPS) is 19.4. The van der Waals surface area contributed by atoms with Crippen molar-refractivity contribution in [3.05, 3.63) is 65.3 Å². The first-order valence-electron chi connectivity index (χ1n) is 10.2. The molecule has 0 spiro atoms. The summed E-state index contributed by atoms with van der Waals surface area (Å²) < 4.78 is 18.0. The van der Waals surface area contributed by atoms with Crippen molar-refractivity contribution in [3.63, 3.8) is 0 Å². The number of thiazole rings is 1. The summed E-state index contributed by atoms with van der Waals surface area (Å²) in [5.41, 5.74) is 4.49. The molecule has 6 heteroatoms. The van der Waals surface area contributed by atoms with Gasteiger partial charge >= 0.3 is 0 Å². The van der Waals surface area contributed by atoms with Crippen LogP contribution in [0.3, 0.4) is 0 Å².